The van der Waals surface area contributed by atoms with Crippen molar-refractivity contribution in [2.75, 3.05) is 0 Å². The van der Waals surface area contributed by atoms with Crippen LogP contribution < -0.4 is 5.32 Å². The first-order chi connectivity index (χ1) is 7.15. The molecule has 0 saturated heterocycles. The van der Waals surface area contributed by atoms with Gasteiger partial charge in [-0.2, -0.15) is 0 Å². The summed E-state index contributed by atoms with van der Waals surface area (Å²) >= 11 is 0. The lowest BCUT2D eigenvalue weighted by atomic mass is 9.98. The minimum Gasteiger partial charge on any atom is -0.480 e. The largest absolute Gasteiger partial charge is 0.480 e. The summed E-state index contributed by atoms with van der Waals surface area (Å²) in [5.74, 6) is -0.0228. The van der Waals surface area contributed by atoms with E-state index >= 15 is 0 Å². The third-order valence-electron chi connectivity index (χ3n) is 3.45. The zero-order valence-electron chi connectivity index (χ0n) is 9.83. The number of aliphatic carboxylic acids is 1. The molecule has 1 fully saturated rings. The lowest BCUT2D eigenvalue weighted by Crippen LogP contribution is -2.44. The van der Waals surface area contributed by atoms with Crippen LogP contribution in [-0.4, -0.2) is 23.2 Å². The van der Waals surface area contributed by atoms with Gasteiger partial charge in [-0.3, -0.25) is 4.79 Å². The van der Waals surface area contributed by atoms with E-state index in [-0.39, 0.29) is 6.04 Å². The summed E-state index contributed by atoms with van der Waals surface area (Å²) in [4.78, 5) is 11.0. The molecule has 0 amide bonds. The SMILES string of the molecule is CCCC(N[C@@H](C)C1CCCC1)C(=O)O. The Balaban J connectivity index is 2.38. The number of hydrogen-bond donors (Lipinski definition) is 2. The average molecular weight is 213 g/mol. The third kappa shape index (κ3) is 3.82. The van der Waals surface area contributed by atoms with Gasteiger partial charge in [0.2, 0.25) is 0 Å². The zero-order valence-corrected chi connectivity index (χ0v) is 9.83. The lowest BCUT2D eigenvalue weighted by Gasteiger charge is -2.24. The Morgan fingerprint density at radius 3 is 2.53 bits per heavy atom. The average Bonchev–Trinajstić information content (AvgIpc) is 2.69. The number of nitrogens with one attached hydrogen (secondary N) is 1. The molecule has 2 N–H and O–H groups in total. The van der Waals surface area contributed by atoms with Crippen molar-refractivity contribution < 1.29 is 9.90 Å². The van der Waals surface area contributed by atoms with Crippen molar-refractivity contribution >= 4 is 5.97 Å². The van der Waals surface area contributed by atoms with Gasteiger partial charge in [0.25, 0.3) is 0 Å². The van der Waals surface area contributed by atoms with Crippen molar-refractivity contribution in [3.8, 4) is 0 Å². The highest BCUT2D eigenvalue weighted by Crippen LogP contribution is 2.27. The van der Waals surface area contributed by atoms with Gasteiger partial charge in [0.1, 0.15) is 6.04 Å². The van der Waals surface area contributed by atoms with Gasteiger partial charge >= 0.3 is 5.97 Å². The van der Waals surface area contributed by atoms with Gasteiger partial charge in [0, 0.05) is 6.04 Å². The molecule has 1 rings (SSSR count). The van der Waals surface area contributed by atoms with Crippen LogP contribution in [0.15, 0.2) is 0 Å². The normalized spacial score (nSPS) is 21.5. The van der Waals surface area contributed by atoms with Crippen molar-refractivity contribution in [2.45, 2.75) is 64.5 Å². The molecule has 3 nitrogen and oxygen atoms in total. The number of carboxylic acids is 1. The van der Waals surface area contributed by atoms with Crippen LogP contribution in [0.25, 0.3) is 0 Å². The van der Waals surface area contributed by atoms with E-state index in [9.17, 15) is 4.79 Å². The lowest BCUT2D eigenvalue weighted by molar-refractivity contribution is -0.140. The Morgan fingerprint density at radius 2 is 2.07 bits per heavy atom. The Bertz CT molecular complexity index is 200. The first-order valence-electron chi connectivity index (χ1n) is 6.14. The number of carbonyl (C=O) groups is 1. The number of carboxylic acid groups (broad SMARTS) is 1. The predicted octanol–water partition coefficient (Wildman–Crippen LogP) is 2.41. The molecule has 1 aliphatic carbocycles. The van der Waals surface area contributed by atoms with Crippen LogP contribution in [0, 0.1) is 5.92 Å². The fourth-order valence-corrected chi connectivity index (χ4v) is 2.48. The third-order valence-corrected chi connectivity index (χ3v) is 3.45. The van der Waals surface area contributed by atoms with E-state index in [1.165, 1.54) is 25.7 Å². The first-order valence-corrected chi connectivity index (χ1v) is 6.14. The van der Waals surface area contributed by atoms with Crippen LogP contribution in [0.3, 0.4) is 0 Å². The van der Waals surface area contributed by atoms with E-state index in [4.69, 9.17) is 5.11 Å². The molecule has 1 saturated carbocycles. The summed E-state index contributed by atoms with van der Waals surface area (Å²) in [5.41, 5.74) is 0. The number of hydrogen-bond acceptors (Lipinski definition) is 2. The molecule has 15 heavy (non-hydrogen) atoms. The minimum atomic E-state index is -0.707. The molecule has 0 aliphatic heterocycles. The maximum atomic E-state index is 11.0. The molecule has 0 heterocycles. The highest BCUT2D eigenvalue weighted by atomic mass is 16.4. The van der Waals surface area contributed by atoms with E-state index in [1.54, 1.807) is 0 Å². The smallest absolute Gasteiger partial charge is 0.320 e. The molecule has 0 spiro atoms. The summed E-state index contributed by atoms with van der Waals surface area (Å²) < 4.78 is 0. The van der Waals surface area contributed by atoms with E-state index < -0.39 is 5.97 Å². The zero-order chi connectivity index (χ0) is 11.3. The monoisotopic (exact) mass is 213 g/mol. The van der Waals surface area contributed by atoms with Gasteiger partial charge < -0.3 is 10.4 Å². The van der Waals surface area contributed by atoms with E-state index in [1.807, 2.05) is 6.92 Å². The quantitative estimate of drug-likeness (QED) is 0.712. The fourth-order valence-electron chi connectivity index (χ4n) is 2.48. The molecule has 0 bridgehead atoms. The van der Waals surface area contributed by atoms with Gasteiger partial charge in [-0.15, -0.1) is 0 Å². The highest BCUT2D eigenvalue weighted by molar-refractivity contribution is 5.73. The molecule has 3 heteroatoms. The Labute approximate surface area is 92.3 Å². The molecule has 0 aromatic rings. The molecular formula is C12H23NO2. The van der Waals surface area contributed by atoms with Crippen LogP contribution in [-0.2, 0) is 4.79 Å². The fraction of sp³-hybridized carbons (Fsp3) is 0.917. The molecular weight excluding hydrogens is 190 g/mol. The van der Waals surface area contributed by atoms with E-state index in [0.29, 0.717) is 12.0 Å². The van der Waals surface area contributed by atoms with Crippen LogP contribution >= 0.6 is 0 Å². The summed E-state index contributed by atoms with van der Waals surface area (Å²) in [5, 5.41) is 12.3. The second-order valence-electron chi connectivity index (χ2n) is 4.68. The second-order valence-corrected chi connectivity index (χ2v) is 4.68. The molecule has 0 aromatic heterocycles. The standard InChI is InChI=1S/C12H23NO2/c1-3-6-11(12(14)15)13-9(2)10-7-4-5-8-10/h9-11,13H,3-8H2,1-2H3,(H,14,15)/t9-,11?/m0/s1. The van der Waals surface area contributed by atoms with Crippen LogP contribution in [0.2, 0.25) is 0 Å². The Morgan fingerprint density at radius 1 is 1.47 bits per heavy atom. The van der Waals surface area contributed by atoms with Crippen molar-refractivity contribution in [1.82, 2.24) is 5.32 Å². The Hall–Kier alpha value is -0.570. The molecule has 1 aliphatic rings. The maximum absolute atomic E-state index is 11.0. The molecule has 1 unspecified atom stereocenters. The summed E-state index contributed by atoms with van der Waals surface area (Å²) in [6.07, 6.45) is 6.78. The van der Waals surface area contributed by atoms with Crippen molar-refractivity contribution in [3.05, 3.63) is 0 Å². The molecule has 88 valence electrons. The maximum Gasteiger partial charge on any atom is 0.320 e. The second kappa shape index (κ2) is 6.11. The van der Waals surface area contributed by atoms with Gasteiger partial charge in [-0.1, -0.05) is 26.2 Å². The molecule has 2 atom stereocenters. The van der Waals surface area contributed by atoms with E-state index in [0.717, 1.165) is 12.8 Å². The van der Waals surface area contributed by atoms with E-state index in [2.05, 4.69) is 12.2 Å². The Kier molecular flexibility index (Phi) is 5.09. The first kappa shape index (κ1) is 12.5. The van der Waals surface area contributed by atoms with Crippen molar-refractivity contribution in [1.29, 1.82) is 0 Å². The van der Waals surface area contributed by atoms with Crippen molar-refractivity contribution in [3.63, 3.8) is 0 Å². The predicted molar refractivity (Wildman–Crippen MR) is 60.9 cm³/mol. The molecule has 0 aromatic carbocycles. The van der Waals surface area contributed by atoms with Gasteiger partial charge in [0.05, 0.1) is 0 Å². The summed E-state index contributed by atoms with van der Waals surface area (Å²) in [6, 6.07) is -0.00856. The van der Waals surface area contributed by atoms with Crippen molar-refractivity contribution in [2.24, 2.45) is 5.92 Å². The van der Waals surface area contributed by atoms with Gasteiger partial charge in [-0.25, -0.2) is 0 Å². The van der Waals surface area contributed by atoms with Gasteiger partial charge in [-0.05, 0) is 32.1 Å². The van der Waals surface area contributed by atoms with Crippen LogP contribution in [0.4, 0.5) is 0 Å². The van der Waals surface area contributed by atoms with Crippen LogP contribution in [0.1, 0.15) is 52.4 Å². The van der Waals surface area contributed by atoms with Crippen LogP contribution in [0.5, 0.6) is 0 Å². The summed E-state index contributed by atoms with van der Waals surface area (Å²) in [7, 11) is 0. The van der Waals surface area contributed by atoms with Gasteiger partial charge in [0.15, 0.2) is 0 Å². The minimum absolute atomic E-state index is 0.347. The number of rotatable bonds is 6. The topological polar surface area (TPSA) is 49.3 Å². The summed E-state index contributed by atoms with van der Waals surface area (Å²) in [6.45, 7) is 4.15. The highest BCUT2D eigenvalue weighted by Gasteiger charge is 2.25. The molecule has 0 radical (unpaired) electrons.